The fourth-order valence-electron chi connectivity index (χ4n) is 1.63. The van der Waals surface area contributed by atoms with E-state index in [1.165, 1.54) is 6.07 Å². The van der Waals surface area contributed by atoms with E-state index in [1.807, 2.05) is 0 Å². The highest BCUT2D eigenvalue weighted by Gasteiger charge is 2.27. The zero-order valence-electron chi connectivity index (χ0n) is 11.8. The number of nitrogens with one attached hydrogen (secondary N) is 1. The number of rotatable bonds is 8. The number of benzene rings is 1. The van der Waals surface area contributed by atoms with E-state index in [1.54, 1.807) is 13.8 Å². The van der Waals surface area contributed by atoms with Gasteiger partial charge in [-0.3, -0.25) is 14.2 Å². The topological polar surface area (TPSA) is 81.7 Å². The zero-order chi connectivity index (χ0) is 15.9. The molecule has 0 aromatic heterocycles. The molecule has 0 atom stereocenters. The van der Waals surface area contributed by atoms with Gasteiger partial charge < -0.3 is 14.4 Å². The van der Waals surface area contributed by atoms with E-state index in [9.17, 15) is 18.5 Å². The van der Waals surface area contributed by atoms with Gasteiger partial charge in [-0.15, -0.1) is 0 Å². The first-order valence-corrected chi connectivity index (χ1v) is 8.09. The minimum atomic E-state index is -3.54. The lowest BCUT2D eigenvalue weighted by Gasteiger charge is -2.16. The third kappa shape index (κ3) is 5.38. The predicted octanol–water partition coefficient (Wildman–Crippen LogP) is 2.84. The minimum Gasteiger partial charge on any atom is -0.325 e. The SMILES string of the molecule is CCOP(=O)(CC(=O)Nc1cc(F)ccc1C=O)OCC. The van der Waals surface area contributed by atoms with Gasteiger partial charge >= 0.3 is 7.60 Å². The van der Waals surface area contributed by atoms with Gasteiger partial charge in [-0.1, -0.05) is 0 Å². The van der Waals surface area contributed by atoms with Crippen molar-refractivity contribution in [2.24, 2.45) is 0 Å². The standard InChI is InChI=1S/C13H17FNO5P/c1-3-19-21(18,20-4-2)9-13(17)15-12-7-11(14)6-5-10(12)8-16/h5-8H,3-4,9H2,1-2H3,(H,15,17). The molecule has 0 bridgehead atoms. The summed E-state index contributed by atoms with van der Waals surface area (Å²) in [5.74, 6) is -1.29. The molecule has 0 saturated carbocycles. The van der Waals surface area contributed by atoms with Crippen LogP contribution in [0.1, 0.15) is 24.2 Å². The highest BCUT2D eigenvalue weighted by Crippen LogP contribution is 2.47. The van der Waals surface area contributed by atoms with Crippen molar-refractivity contribution in [3.8, 4) is 0 Å². The molecular formula is C13H17FNO5P. The molecule has 1 amide bonds. The molecule has 1 aromatic carbocycles. The molecule has 0 unspecified atom stereocenters. The van der Waals surface area contributed by atoms with Crippen LogP contribution >= 0.6 is 7.60 Å². The fraction of sp³-hybridized carbons (Fsp3) is 0.385. The Bertz CT molecular complexity index is 553. The summed E-state index contributed by atoms with van der Waals surface area (Å²) < 4.78 is 35.3. The van der Waals surface area contributed by atoms with Gasteiger partial charge in [-0.05, 0) is 32.0 Å². The van der Waals surface area contributed by atoms with Crippen LogP contribution in [0.4, 0.5) is 10.1 Å². The second-order valence-electron chi connectivity index (χ2n) is 4.00. The first-order chi connectivity index (χ1) is 9.94. The molecule has 116 valence electrons. The van der Waals surface area contributed by atoms with Crippen molar-refractivity contribution in [2.75, 3.05) is 24.7 Å². The summed E-state index contributed by atoms with van der Waals surface area (Å²) in [5, 5.41) is 2.33. The number of halogens is 1. The highest BCUT2D eigenvalue weighted by atomic mass is 31.2. The van der Waals surface area contributed by atoms with Gasteiger partial charge in [0.05, 0.1) is 18.9 Å². The van der Waals surface area contributed by atoms with Crippen LogP contribution in [0.25, 0.3) is 0 Å². The van der Waals surface area contributed by atoms with E-state index in [0.29, 0.717) is 6.29 Å². The van der Waals surface area contributed by atoms with Crippen LogP contribution in [0.3, 0.4) is 0 Å². The fourth-order valence-corrected chi connectivity index (χ4v) is 3.10. The minimum absolute atomic E-state index is 0.00884. The average Bonchev–Trinajstić information content (AvgIpc) is 2.38. The quantitative estimate of drug-likeness (QED) is 0.589. The van der Waals surface area contributed by atoms with E-state index < -0.39 is 25.5 Å². The lowest BCUT2D eigenvalue weighted by molar-refractivity contribution is -0.114. The third-order valence-electron chi connectivity index (χ3n) is 2.41. The molecule has 0 aliphatic rings. The maximum absolute atomic E-state index is 13.1. The summed E-state index contributed by atoms with van der Waals surface area (Å²) in [6, 6.07) is 3.35. The van der Waals surface area contributed by atoms with Crippen LogP contribution < -0.4 is 5.32 Å². The molecule has 0 heterocycles. The molecule has 6 nitrogen and oxygen atoms in total. The van der Waals surface area contributed by atoms with Crippen molar-refractivity contribution >= 4 is 25.5 Å². The summed E-state index contributed by atoms with van der Waals surface area (Å²) >= 11 is 0. The molecule has 0 radical (unpaired) electrons. The Morgan fingerprint density at radius 3 is 2.48 bits per heavy atom. The molecule has 1 aromatic rings. The summed E-state index contributed by atoms with van der Waals surface area (Å²) in [6.45, 7) is 3.51. The van der Waals surface area contributed by atoms with Crippen molar-refractivity contribution in [2.45, 2.75) is 13.8 Å². The number of anilines is 1. The van der Waals surface area contributed by atoms with Crippen LogP contribution in [-0.4, -0.2) is 31.6 Å². The Morgan fingerprint density at radius 1 is 1.33 bits per heavy atom. The Hall–Kier alpha value is -1.56. The zero-order valence-corrected chi connectivity index (χ0v) is 12.7. The number of amides is 1. The molecular weight excluding hydrogens is 300 g/mol. The second-order valence-corrected chi connectivity index (χ2v) is 6.06. The van der Waals surface area contributed by atoms with Crippen LogP contribution in [0.5, 0.6) is 0 Å². The van der Waals surface area contributed by atoms with Gasteiger partial charge in [0.1, 0.15) is 12.0 Å². The van der Waals surface area contributed by atoms with E-state index >= 15 is 0 Å². The maximum Gasteiger partial charge on any atom is 0.340 e. The monoisotopic (exact) mass is 317 g/mol. The third-order valence-corrected chi connectivity index (χ3v) is 4.38. The van der Waals surface area contributed by atoms with Crippen molar-refractivity contribution in [3.63, 3.8) is 0 Å². The van der Waals surface area contributed by atoms with Gasteiger partial charge in [0, 0.05) is 5.56 Å². The maximum atomic E-state index is 13.1. The lowest BCUT2D eigenvalue weighted by atomic mass is 10.2. The molecule has 0 fully saturated rings. The van der Waals surface area contributed by atoms with E-state index in [0.717, 1.165) is 12.1 Å². The highest BCUT2D eigenvalue weighted by molar-refractivity contribution is 7.54. The Morgan fingerprint density at radius 2 is 1.95 bits per heavy atom. The predicted molar refractivity (Wildman–Crippen MR) is 76.1 cm³/mol. The van der Waals surface area contributed by atoms with Crippen LogP contribution in [0, 0.1) is 5.82 Å². The largest absolute Gasteiger partial charge is 0.340 e. The summed E-state index contributed by atoms with van der Waals surface area (Å²) in [7, 11) is -3.54. The molecule has 0 spiro atoms. The molecule has 1 N–H and O–H groups in total. The summed E-state index contributed by atoms with van der Waals surface area (Å²) in [6.07, 6.45) is -0.0246. The normalized spacial score (nSPS) is 11.2. The van der Waals surface area contributed by atoms with Gasteiger partial charge in [0.15, 0.2) is 6.29 Å². The van der Waals surface area contributed by atoms with Crippen molar-refractivity contribution in [3.05, 3.63) is 29.6 Å². The van der Waals surface area contributed by atoms with E-state index in [-0.39, 0.29) is 24.5 Å². The number of hydrogen-bond donors (Lipinski definition) is 1. The van der Waals surface area contributed by atoms with Gasteiger partial charge in [-0.25, -0.2) is 4.39 Å². The molecule has 0 aliphatic heterocycles. The van der Waals surface area contributed by atoms with Gasteiger partial charge in [0.25, 0.3) is 0 Å². The number of hydrogen-bond acceptors (Lipinski definition) is 5. The first-order valence-electron chi connectivity index (χ1n) is 6.36. The Labute approximate surface area is 122 Å². The van der Waals surface area contributed by atoms with Crippen LogP contribution in [0.15, 0.2) is 18.2 Å². The smallest absolute Gasteiger partial charge is 0.325 e. The molecule has 0 saturated heterocycles. The summed E-state index contributed by atoms with van der Waals surface area (Å²) in [4.78, 5) is 22.7. The van der Waals surface area contributed by atoms with Gasteiger partial charge in [-0.2, -0.15) is 0 Å². The lowest BCUT2D eigenvalue weighted by Crippen LogP contribution is -2.19. The number of aldehydes is 1. The van der Waals surface area contributed by atoms with Crippen molar-refractivity contribution < 1.29 is 27.6 Å². The molecule has 1 rings (SSSR count). The van der Waals surface area contributed by atoms with Crippen molar-refractivity contribution in [1.29, 1.82) is 0 Å². The van der Waals surface area contributed by atoms with Crippen LogP contribution in [0.2, 0.25) is 0 Å². The first kappa shape index (κ1) is 17.5. The Kier molecular flexibility index (Phi) is 6.68. The summed E-state index contributed by atoms with van der Waals surface area (Å²) in [5.41, 5.74) is 0.127. The van der Waals surface area contributed by atoms with Crippen molar-refractivity contribution in [1.82, 2.24) is 0 Å². The Balaban J connectivity index is 2.83. The molecule has 8 heteroatoms. The molecule has 21 heavy (non-hydrogen) atoms. The number of carbonyl (C=O) groups is 2. The van der Waals surface area contributed by atoms with E-state index in [4.69, 9.17) is 9.05 Å². The van der Waals surface area contributed by atoms with Crippen LogP contribution in [-0.2, 0) is 18.4 Å². The number of carbonyl (C=O) groups excluding carboxylic acids is 2. The average molecular weight is 317 g/mol. The second kappa shape index (κ2) is 8.02. The molecule has 0 aliphatic carbocycles. The van der Waals surface area contributed by atoms with Gasteiger partial charge in [0.2, 0.25) is 5.91 Å². The van der Waals surface area contributed by atoms with E-state index in [2.05, 4.69) is 5.32 Å².